The predicted molar refractivity (Wildman–Crippen MR) is 48.2 cm³/mol. The largest absolute Gasteiger partial charge is 0.481 e. The first kappa shape index (κ1) is 14.4. The van der Waals surface area contributed by atoms with Crippen LogP contribution < -0.4 is 5.73 Å². The molecule has 0 radical (unpaired) electrons. The third kappa shape index (κ3) is 18.1. The van der Waals surface area contributed by atoms with Crippen LogP contribution in [0.15, 0.2) is 0 Å². The van der Waals surface area contributed by atoms with Gasteiger partial charge in [-0.15, -0.1) is 0 Å². The predicted octanol–water partition coefficient (Wildman–Crippen LogP) is 0.379. The second kappa shape index (κ2) is 10.9. The highest BCUT2D eigenvalue weighted by Crippen LogP contribution is 1.84. The number of carboxylic acids is 1. The van der Waals surface area contributed by atoms with Gasteiger partial charge in [0.1, 0.15) is 6.42 Å². The topological polar surface area (TPSA) is 89.6 Å². The molecule has 0 atom stereocenters. The lowest BCUT2D eigenvalue weighted by molar-refractivity contribution is -0.150. The molecule has 13 heavy (non-hydrogen) atoms. The third-order valence-electron chi connectivity index (χ3n) is 0.890. The molecular formula is C8H17NO4. The molecule has 0 saturated heterocycles. The summed E-state index contributed by atoms with van der Waals surface area (Å²) in [6.07, 6.45) is 0.549. The van der Waals surface area contributed by atoms with E-state index in [1.54, 1.807) is 6.92 Å². The number of ether oxygens (including phenoxy) is 1. The van der Waals surface area contributed by atoms with Gasteiger partial charge in [-0.25, -0.2) is 0 Å². The molecule has 0 amide bonds. The van der Waals surface area contributed by atoms with Gasteiger partial charge in [-0.3, -0.25) is 9.59 Å². The van der Waals surface area contributed by atoms with E-state index in [9.17, 15) is 9.59 Å². The van der Waals surface area contributed by atoms with E-state index in [1.165, 1.54) is 0 Å². The van der Waals surface area contributed by atoms with Gasteiger partial charge in [0, 0.05) is 0 Å². The summed E-state index contributed by atoms with van der Waals surface area (Å²) < 4.78 is 4.33. The third-order valence-corrected chi connectivity index (χ3v) is 0.890. The van der Waals surface area contributed by atoms with Gasteiger partial charge in [-0.2, -0.15) is 0 Å². The Morgan fingerprint density at radius 1 is 1.38 bits per heavy atom. The maximum Gasteiger partial charge on any atom is 0.317 e. The number of carbonyl (C=O) groups excluding carboxylic acids is 1. The minimum atomic E-state index is -1.16. The van der Waals surface area contributed by atoms with Crippen LogP contribution in [0, 0.1) is 0 Å². The summed E-state index contributed by atoms with van der Waals surface area (Å²) in [6.45, 7) is 4.73. The molecule has 0 aromatic heterocycles. The smallest absolute Gasteiger partial charge is 0.317 e. The van der Waals surface area contributed by atoms with Crippen molar-refractivity contribution in [3.05, 3.63) is 0 Å². The van der Waals surface area contributed by atoms with Crippen LogP contribution in [-0.4, -0.2) is 30.2 Å². The maximum atomic E-state index is 10.3. The number of carbonyl (C=O) groups is 2. The van der Waals surface area contributed by atoms with Crippen molar-refractivity contribution in [3.8, 4) is 0 Å². The van der Waals surface area contributed by atoms with Crippen LogP contribution in [0.2, 0.25) is 0 Å². The number of hydrogen-bond donors (Lipinski definition) is 2. The number of esters is 1. The second-order valence-corrected chi connectivity index (χ2v) is 2.16. The normalized spacial score (nSPS) is 8.23. The van der Waals surface area contributed by atoms with Crippen molar-refractivity contribution in [1.82, 2.24) is 0 Å². The summed E-state index contributed by atoms with van der Waals surface area (Å²) in [7, 11) is 0. The van der Waals surface area contributed by atoms with Gasteiger partial charge >= 0.3 is 11.9 Å². The highest BCUT2D eigenvalue weighted by Gasteiger charge is 2.06. The van der Waals surface area contributed by atoms with Crippen molar-refractivity contribution in [1.29, 1.82) is 0 Å². The Bertz CT molecular complexity index is 145. The van der Waals surface area contributed by atoms with Crippen LogP contribution in [0.3, 0.4) is 0 Å². The lowest BCUT2D eigenvalue weighted by Gasteiger charge is -1.95. The van der Waals surface area contributed by atoms with Crippen LogP contribution >= 0.6 is 0 Å². The zero-order valence-corrected chi connectivity index (χ0v) is 8.08. The standard InChI is InChI=1S/C5H8O4.C3H9N/c1-2-9-5(8)3-4(6)7;1-2-3-4/h2-3H2,1H3,(H,6,7);2-4H2,1H3. The molecule has 5 nitrogen and oxygen atoms in total. The fourth-order valence-corrected chi connectivity index (χ4v) is 0.335. The molecule has 0 fully saturated rings. The second-order valence-electron chi connectivity index (χ2n) is 2.16. The van der Waals surface area contributed by atoms with Crippen molar-refractivity contribution < 1.29 is 19.4 Å². The molecule has 0 aliphatic heterocycles. The van der Waals surface area contributed by atoms with Crippen LogP contribution in [0.4, 0.5) is 0 Å². The summed E-state index contributed by atoms with van der Waals surface area (Å²) in [5, 5.41) is 8.01. The molecule has 0 aromatic carbocycles. The molecule has 3 N–H and O–H groups in total. The van der Waals surface area contributed by atoms with Gasteiger partial charge < -0.3 is 15.6 Å². The lowest BCUT2D eigenvalue weighted by Crippen LogP contribution is -2.09. The van der Waals surface area contributed by atoms with E-state index in [0.717, 1.165) is 13.0 Å². The maximum absolute atomic E-state index is 10.3. The Morgan fingerprint density at radius 2 is 1.85 bits per heavy atom. The van der Waals surface area contributed by atoms with E-state index >= 15 is 0 Å². The van der Waals surface area contributed by atoms with Crippen LogP contribution in [0.25, 0.3) is 0 Å². The Labute approximate surface area is 77.9 Å². The Hall–Kier alpha value is -1.10. The molecule has 0 bridgehead atoms. The molecule has 5 heteroatoms. The van der Waals surface area contributed by atoms with E-state index in [-0.39, 0.29) is 6.61 Å². The highest BCUT2D eigenvalue weighted by atomic mass is 16.5. The summed E-state index contributed by atoms with van der Waals surface area (Å²) in [4.78, 5) is 20.0. The molecule has 0 heterocycles. The Kier molecular flexibility index (Phi) is 12.1. The molecule has 78 valence electrons. The van der Waals surface area contributed by atoms with E-state index in [2.05, 4.69) is 11.7 Å². The van der Waals surface area contributed by atoms with E-state index in [4.69, 9.17) is 10.8 Å². The number of carboxylic acid groups (broad SMARTS) is 1. The first-order valence-corrected chi connectivity index (χ1v) is 4.15. The molecule has 0 saturated carbocycles. The van der Waals surface area contributed by atoms with E-state index < -0.39 is 18.4 Å². The molecule has 0 unspecified atom stereocenters. The van der Waals surface area contributed by atoms with Crippen LogP contribution in [-0.2, 0) is 14.3 Å². The number of rotatable bonds is 4. The Balaban J connectivity index is 0. The fraction of sp³-hybridized carbons (Fsp3) is 0.750. The molecule has 0 aliphatic rings. The monoisotopic (exact) mass is 191 g/mol. The molecule has 0 aliphatic carbocycles. The summed E-state index contributed by atoms with van der Waals surface area (Å²) in [5.41, 5.74) is 5.03. The minimum absolute atomic E-state index is 0.228. The van der Waals surface area contributed by atoms with Gasteiger partial charge in [0.15, 0.2) is 0 Å². The van der Waals surface area contributed by atoms with Gasteiger partial charge in [0.05, 0.1) is 6.61 Å². The summed E-state index contributed by atoms with van der Waals surface area (Å²) in [6, 6.07) is 0. The van der Waals surface area contributed by atoms with E-state index in [0.29, 0.717) is 0 Å². The summed E-state index contributed by atoms with van der Waals surface area (Å²) in [5.74, 6) is -1.85. The van der Waals surface area contributed by atoms with Crippen molar-refractivity contribution in [3.63, 3.8) is 0 Å². The molecule has 0 spiro atoms. The molecule has 0 rings (SSSR count). The minimum Gasteiger partial charge on any atom is -0.481 e. The van der Waals surface area contributed by atoms with Crippen molar-refractivity contribution in [2.45, 2.75) is 26.7 Å². The number of nitrogens with two attached hydrogens (primary N) is 1. The fourth-order valence-electron chi connectivity index (χ4n) is 0.335. The highest BCUT2D eigenvalue weighted by molar-refractivity contribution is 5.90. The SMILES string of the molecule is CCCN.CCOC(=O)CC(=O)O. The van der Waals surface area contributed by atoms with E-state index in [1.807, 2.05) is 0 Å². The zero-order chi connectivity index (χ0) is 10.7. The van der Waals surface area contributed by atoms with Crippen LogP contribution in [0.5, 0.6) is 0 Å². The van der Waals surface area contributed by atoms with Crippen molar-refractivity contribution in [2.75, 3.05) is 13.2 Å². The van der Waals surface area contributed by atoms with Gasteiger partial charge in [0.2, 0.25) is 0 Å². The quantitative estimate of drug-likeness (QED) is 0.495. The first-order chi connectivity index (χ1) is 6.08. The molecule has 0 aromatic rings. The van der Waals surface area contributed by atoms with Crippen molar-refractivity contribution in [2.24, 2.45) is 5.73 Å². The van der Waals surface area contributed by atoms with Crippen molar-refractivity contribution >= 4 is 11.9 Å². The molecular weight excluding hydrogens is 174 g/mol. The first-order valence-electron chi connectivity index (χ1n) is 4.15. The van der Waals surface area contributed by atoms with Gasteiger partial charge in [-0.05, 0) is 19.9 Å². The van der Waals surface area contributed by atoms with Crippen LogP contribution in [0.1, 0.15) is 26.7 Å². The van der Waals surface area contributed by atoms with Gasteiger partial charge in [0.25, 0.3) is 0 Å². The average Bonchev–Trinajstić information content (AvgIpc) is 2.04. The number of hydrogen-bond acceptors (Lipinski definition) is 4. The summed E-state index contributed by atoms with van der Waals surface area (Å²) >= 11 is 0. The Morgan fingerprint density at radius 3 is 2.08 bits per heavy atom. The zero-order valence-electron chi connectivity index (χ0n) is 8.08. The van der Waals surface area contributed by atoms with Gasteiger partial charge in [-0.1, -0.05) is 6.92 Å². The lowest BCUT2D eigenvalue weighted by atomic mass is 10.4. The average molecular weight is 191 g/mol. The number of aliphatic carboxylic acids is 1.